The van der Waals surface area contributed by atoms with Crippen molar-refractivity contribution in [2.24, 2.45) is 11.8 Å². The third-order valence-electron chi connectivity index (χ3n) is 1.04. The monoisotopic (exact) mass is 134 g/mol. The highest BCUT2D eigenvalue weighted by Crippen LogP contribution is 1.98. The molecule has 0 saturated heterocycles. The Morgan fingerprint density at radius 3 is 2.33 bits per heavy atom. The predicted octanol–water partition coefficient (Wildman–Crippen LogP) is -0.602. The molecule has 0 aromatic rings. The fourth-order valence-electron chi connectivity index (χ4n) is 0.531. The van der Waals surface area contributed by atoms with Crippen LogP contribution in [-0.4, -0.2) is 18.1 Å². The van der Waals surface area contributed by atoms with Crippen LogP contribution < -0.4 is 11.2 Å². The number of hydrogen-bond acceptors (Lipinski definition) is 4. The second kappa shape index (κ2) is 4.69. The fourth-order valence-corrected chi connectivity index (χ4v) is 0.531. The summed E-state index contributed by atoms with van der Waals surface area (Å²) in [6, 6.07) is 0. The number of hydrogen-bond donors (Lipinski definition) is 3. The van der Waals surface area contributed by atoms with Gasteiger partial charge in [-0.3, -0.25) is 10.2 Å². The van der Waals surface area contributed by atoms with Crippen molar-refractivity contribution in [3.63, 3.8) is 0 Å². The molecule has 0 fully saturated rings. The minimum atomic E-state index is -0.255. The third kappa shape index (κ3) is 3.42. The lowest BCUT2D eigenvalue weighted by molar-refractivity contribution is -0.0172. The molecule has 0 saturated carbocycles. The van der Waals surface area contributed by atoms with E-state index in [1.54, 1.807) is 0 Å². The minimum Gasteiger partial charge on any atom is -0.381 e. The Hall–Kier alpha value is -0.160. The standard InChI is InChI=1S/C5H14N2O2/c1-4(2)5(9-6)7-3-8/h4-5,7-8H,3,6H2,1-2H3. The number of nitrogens with one attached hydrogen (secondary N) is 1. The van der Waals surface area contributed by atoms with Crippen LogP contribution in [0.25, 0.3) is 0 Å². The van der Waals surface area contributed by atoms with Crippen LogP contribution in [0.15, 0.2) is 0 Å². The first kappa shape index (κ1) is 8.84. The second-order valence-corrected chi connectivity index (χ2v) is 2.16. The molecule has 56 valence electrons. The summed E-state index contributed by atoms with van der Waals surface area (Å²) < 4.78 is 0. The van der Waals surface area contributed by atoms with Crippen molar-refractivity contribution in [2.75, 3.05) is 6.73 Å². The molecule has 0 aliphatic carbocycles. The Morgan fingerprint density at radius 1 is 1.67 bits per heavy atom. The van der Waals surface area contributed by atoms with Crippen LogP contribution in [0.3, 0.4) is 0 Å². The normalized spacial score (nSPS) is 14.3. The maximum Gasteiger partial charge on any atom is 0.133 e. The predicted molar refractivity (Wildman–Crippen MR) is 34.1 cm³/mol. The van der Waals surface area contributed by atoms with Crippen molar-refractivity contribution in [2.45, 2.75) is 20.1 Å². The Balaban J connectivity index is 3.41. The largest absolute Gasteiger partial charge is 0.381 e. The van der Waals surface area contributed by atoms with Gasteiger partial charge in [-0.15, -0.1) is 0 Å². The molecule has 0 aromatic carbocycles. The van der Waals surface area contributed by atoms with Gasteiger partial charge in [-0.1, -0.05) is 13.8 Å². The first-order chi connectivity index (χ1) is 4.22. The molecule has 0 aromatic heterocycles. The van der Waals surface area contributed by atoms with E-state index in [1.165, 1.54) is 0 Å². The smallest absolute Gasteiger partial charge is 0.133 e. The van der Waals surface area contributed by atoms with Gasteiger partial charge < -0.3 is 5.11 Å². The summed E-state index contributed by atoms with van der Waals surface area (Å²) in [5.41, 5.74) is 0. The second-order valence-electron chi connectivity index (χ2n) is 2.16. The summed E-state index contributed by atoms with van der Waals surface area (Å²) in [7, 11) is 0. The van der Waals surface area contributed by atoms with E-state index >= 15 is 0 Å². The van der Waals surface area contributed by atoms with Gasteiger partial charge in [-0.2, -0.15) is 0 Å². The topological polar surface area (TPSA) is 67.5 Å². The average molecular weight is 134 g/mol. The molecule has 4 heteroatoms. The summed E-state index contributed by atoms with van der Waals surface area (Å²) in [5, 5.41) is 11.0. The maximum absolute atomic E-state index is 8.37. The average Bonchev–Trinajstić information content (AvgIpc) is 1.82. The van der Waals surface area contributed by atoms with E-state index in [0.717, 1.165) is 0 Å². The molecular formula is C5H14N2O2. The van der Waals surface area contributed by atoms with Crippen molar-refractivity contribution in [1.82, 2.24) is 5.32 Å². The van der Waals surface area contributed by atoms with Crippen LogP contribution in [0.1, 0.15) is 13.8 Å². The zero-order valence-corrected chi connectivity index (χ0v) is 5.79. The molecule has 1 unspecified atom stereocenters. The van der Waals surface area contributed by atoms with Crippen LogP contribution >= 0.6 is 0 Å². The van der Waals surface area contributed by atoms with Gasteiger partial charge in [0.2, 0.25) is 0 Å². The van der Waals surface area contributed by atoms with E-state index in [-0.39, 0.29) is 18.9 Å². The van der Waals surface area contributed by atoms with Gasteiger partial charge >= 0.3 is 0 Å². The highest BCUT2D eigenvalue weighted by Gasteiger charge is 2.09. The molecule has 0 radical (unpaired) electrons. The van der Waals surface area contributed by atoms with Crippen molar-refractivity contribution < 1.29 is 9.94 Å². The maximum atomic E-state index is 8.37. The molecule has 0 spiro atoms. The lowest BCUT2D eigenvalue weighted by Crippen LogP contribution is -2.38. The van der Waals surface area contributed by atoms with Gasteiger partial charge in [0, 0.05) is 0 Å². The Morgan fingerprint density at radius 2 is 2.22 bits per heavy atom. The van der Waals surface area contributed by atoms with Gasteiger partial charge in [-0.25, -0.2) is 5.90 Å². The van der Waals surface area contributed by atoms with E-state index in [9.17, 15) is 0 Å². The van der Waals surface area contributed by atoms with Gasteiger partial charge in [-0.05, 0) is 5.92 Å². The molecule has 0 aliphatic heterocycles. The van der Waals surface area contributed by atoms with E-state index in [4.69, 9.17) is 11.0 Å². The number of rotatable bonds is 4. The summed E-state index contributed by atoms with van der Waals surface area (Å²) in [6.07, 6.45) is -0.255. The molecular weight excluding hydrogens is 120 g/mol. The lowest BCUT2D eigenvalue weighted by atomic mass is 10.2. The van der Waals surface area contributed by atoms with Crippen molar-refractivity contribution >= 4 is 0 Å². The van der Waals surface area contributed by atoms with Gasteiger partial charge in [0.25, 0.3) is 0 Å². The summed E-state index contributed by atoms with van der Waals surface area (Å²) in [5.74, 6) is 5.15. The van der Waals surface area contributed by atoms with Gasteiger partial charge in [0.05, 0.1) is 6.73 Å². The molecule has 0 heterocycles. The highest BCUT2D eigenvalue weighted by atomic mass is 16.6. The molecule has 0 rings (SSSR count). The van der Waals surface area contributed by atoms with Crippen molar-refractivity contribution in [3.8, 4) is 0 Å². The highest BCUT2D eigenvalue weighted by molar-refractivity contribution is 4.54. The number of aliphatic hydroxyl groups is 1. The van der Waals surface area contributed by atoms with Gasteiger partial charge in [0.15, 0.2) is 0 Å². The molecule has 0 aliphatic rings. The summed E-state index contributed by atoms with van der Waals surface area (Å²) in [6.45, 7) is 3.78. The Bertz CT molecular complexity index is 68.0. The number of aliphatic hydroxyl groups excluding tert-OH is 1. The Labute approximate surface area is 55.0 Å². The van der Waals surface area contributed by atoms with Crippen molar-refractivity contribution in [1.29, 1.82) is 0 Å². The molecule has 0 bridgehead atoms. The molecule has 1 atom stereocenters. The molecule has 9 heavy (non-hydrogen) atoms. The first-order valence-corrected chi connectivity index (χ1v) is 2.92. The summed E-state index contributed by atoms with van der Waals surface area (Å²) in [4.78, 5) is 4.48. The Kier molecular flexibility index (Phi) is 4.61. The van der Waals surface area contributed by atoms with E-state index < -0.39 is 0 Å². The van der Waals surface area contributed by atoms with Crippen LogP contribution in [0.5, 0.6) is 0 Å². The SMILES string of the molecule is CC(C)C(NCO)ON. The molecule has 0 amide bonds. The van der Waals surface area contributed by atoms with Crippen LogP contribution in [-0.2, 0) is 4.84 Å². The van der Waals surface area contributed by atoms with E-state index in [0.29, 0.717) is 0 Å². The van der Waals surface area contributed by atoms with E-state index in [2.05, 4.69) is 10.2 Å². The fraction of sp³-hybridized carbons (Fsp3) is 1.00. The lowest BCUT2D eigenvalue weighted by Gasteiger charge is -2.17. The molecule has 4 N–H and O–H groups in total. The minimum absolute atomic E-state index is 0.111. The van der Waals surface area contributed by atoms with Gasteiger partial charge in [0.1, 0.15) is 6.23 Å². The zero-order valence-electron chi connectivity index (χ0n) is 5.79. The van der Waals surface area contributed by atoms with E-state index in [1.807, 2.05) is 13.8 Å². The zero-order chi connectivity index (χ0) is 7.28. The molecule has 4 nitrogen and oxygen atoms in total. The quantitative estimate of drug-likeness (QED) is 0.355. The number of nitrogens with two attached hydrogens (primary N) is 1. The third-order valence-corrected chi connectivity index (χ3v) is 1.04. The van der Waals surface area contributed by atoms with Crippen LogP contribution in [0.2, 0.25) is 0 Å². The van der Waals surface area contributed by atoms with Crippen LogP contribution in [0.4, 0.5) is 0 Å². The van der Waals surface area contributed by atoms with Crippen LogP contribution in [0, 0.1) is 5.92 Å². The van der Waals surface area contributed by atoms with Crippen molar-refractivity contribution in [3.05, 3.63) is 0 Å². The summed E-state index contributed by atoms with van der Waals surface area (Å²) >= 11 is 0. The first-order valence-electron chi connectivity index (χ1n) is 2.92.